The summed E-state index contributed by atoms with van der Waals surface area (Å²) in [7, 11) is 0. The smallest absolute Gasteiger partial charge is 0.326 e. The highest BCUT2D eigenvalue weighted by molar-refractivity contribution is 6.42. The first-order chi connectivity index (χ1) is 11.9. The predicted octanol–water partition coefficient (Wildman–Crippen LogP) is 3.61. The third-order valence-corrected chi connectivity index (χ3v) is 4.33. The Labute approximate surface area is 156 Å². The van der Waals surface area contributed by atoms with Gasteiger partial charge in [-0.1, -0.05) is 53.5 Å². The zero-order valence-electron chi connectivity index (χ0n) is 13.5. The minimum absolute atomic E-state index is 0.210. The molecule has 0 radical (unpaired) electrons. The molecule has 7 heteroatoms. The van der Waals surface area contributed by atoms with Crippen molar-refractivity contribution in [3.05, 3.63) is 64.1 Å². The first-order valence-corrected chi connectivity index (χ1v) is 8.41. The topological polar surface area (TPSA) is 78.4 Å². The summed E-state index contributed by atoms with van der Waals surface area (Å²) in [6, 6.07) is 12.4. The van der Waals surface area contributed by atoms with Crippen LogP contribution in [0.3, 0.4) is 0 Å². The van der Waals surface area contributed by atoms with E-state index in [0.717, 1.165) is 5.56 Å². The number of anilines is 1. The van der Waals surface area contributed by atoms with E-state index in [4.69, 9.17) is 23.2 Å². The van der Waals surface area contributed by atoms with Crippen molar-refractivity contribution in [1.82, 2.24) is 5.32 Å². The van der Waals surface area contributed by atoms with E-state index in [1.54, 1.807) is 25.1 Å². The number of carboxylic acid groups (broad SMARTS) is 1. The molecule has 0 bridgehead atoms. The molecular formula is C18H18Cl2N2O3. The molecule has 25 heavy (non-hydrogen) atoms. The number of hydrogen-bond acceptors (Lipinski definition) is 3. The Morgan fingerprint density at radius 2 is 1.76 bits per heavy atom. The van der Waals surface area contributed by atoms with E-state index in [0.29, 0.717) is 15.7 Å². The van der Waals surface area contributed by atoms with Gasteiger partial charge in [0.1, 0.15) is 12.1 Å². The van der Waals surface area contributed by atoms with Crippen LogP contribution in [-0.4, -0.2) is 29.1 Å². The van der Waals surface area contributed by atoms with Gasteiger partial charge in [0, 0.05) is 12.1 Å². The summed E-state index contributed by atoms with van der Waals surface area (Å²) in [5.41, 5.74) is 1.45. The standard InChI is InChI=1S/C18H18Cl2N2O3/c1-11(21-13-7-8-14(19)15(20)10-13)17(23)22-16(18(24)25)9-12-5-3-2-4-6-12/h2-8,10-11,16,21H,9H2,1H3,(H,22,23)(H,24,25)/t11?,16-/m0/s1. The molecule has 0 saturated heterocycles. The molecular weight excluding hydrogens is 363 g/mol. The van der Waals surface area contributed by atoms with Crippen LogP contribution in [0.15, 0.2) is 48.5 Å². The molecule has 0 aromatic heterocycles. The van der Waals surface area contributed by atoms with Gasteiger partial charge in [-0.15, -0.1) is 0 Å². The molecule has 2 aromatic rings. The van der Waals surface area contributed by atoms with E-state index >= 15 is 0 Å². The second-order valence-corrected chi connectivity index (χ2v) is 6.40. The van der Waals surface area contributed by atoms with E-state index in [2.05, 4.69) is 10.6 Å². The number of benzene rings is 2. The normalized spacial score (nSPS) is 12.9. The summed E-state index contributed by atoms with van der Waals surface area (Å²) in [5, 5.41) is 15.7. The lowest BCUT2D eigenvalue weighted by Crippen LogP contribution is -2.47. The van der Waals surface area contributed by atoms with Crippen LogP contribution in [0.2, 0.25) is 10.0 Å². The van der Waals surface area contributed by atoms with Crippen molar-refractivity contribution in [3.63, 3.8) is 0 Å². The number of aliphatic carboxylic acids is 1. The number of amides is 1. The van der Waals surface area contributed by atoms with Crippen LogP contribution in [0, 0.1) is 0 Å². The summed E-state index contributed by atoms with van der Waals surface area (Å²) < 4.78 is 0. The molecule has 0 aliphatic carbocycles. The molecule has 0 aliphatic rings. The minimum atomic E-state index is -1.08. The fourth-order valence-corrected chi connectivity index (χ4v) is 2.55. The molecule has 3 N–H and O–H groups in total. The lowest BCUT2D eigenvalue weighted by Gasteiger charge is -2.19. The zero-order chi connectivity index (χ0) is 18.4. The van der Waals surface area contributed by atoms with E-state index < -0.39 is 24.0 Å². The molecule has 0 saturated carbocycles. The highest BCUT2D eigenvalue weighted by Gasteiger charge is 2.23. The maximum atomic E-state index is 12.3. The van der Waals surface area contributed by atoms with Crippen LogP contribution in [0.5, 0.6) is 0 Å². The summed E-state index contributed by atoms with van der Waals surface area (Å²) >= 11 is 11.8. The van der Waals surface area contributed by atoms with Crippen molar-refractivity contribution in [3.8, 4) is 0 Å². The second-order valence-electron chi connectivity index (χ2n) is 5.58. The van der Waals surface area contributed by atoms with Gasteiger partial charge in [-0.2, -0.15) is 0 Å². The molecule has 0 spiro atoms. The van der Waals surface area contributed by atoms with Gasteiger partial charge in [0.2, 0.25) is 5.91 Å². The second kappa shape index (κ2) is 8.74. The Kier molecular flexibility index (Phi) is 6.67. The van der Waals surface area contributed by atoms with Crippen LogP contribution in [0.4, 0.5) is 5.69 Å². The Morgan fingerprint density at radius 3 is 2.36 bits per heavy atom. The molecule has 2 aromatic carbocycles. The number of carboxylic acids is 1. The molecule has 2 atom stereocenters. The first-order valence-electron chi connectivity index (χ1n) is 7.65. The molecule has 132 valence electrons. The van der Waals surface area contributed by atoms with Gasteiger partial charge in [0.15, 0.2) is 0 Å². The zero-order valence-corrected chi connectivity index (χ0v) is 15.0. The van der Waals surface area contributed by atoms with Gasteiger partial charge >= 0.3 is 5.97 Å². The highest BCUT2D eigenvalue weighted by Crippen LogP contribution is 2.25. The lowest BCUT2D eigenvalue weighted by atomic mass is 10.1. The van der Waals surface area contributed by atoms with Crippen LogP contribution < -0.4 is 10.6 Å². The van der Waals surface area contributed by atoms with Crippen molar-refractivity contribution < 1.29 is 14.7 Å². The molecule has 2 rings (SSSR count). The quantitative estimate of drug-likeness (QED) is 0.685. The van der Waals surface area contributed by atoms with E-state index in [1.165, 1.54) is 0 Å². The number of carbonyl (C=O) groups excluding carboxylic acids is 1. The Bertz CT molecular complexity index is 753. The Morgan fingerprint density at radius 1 is 1.08 bits per heavy atom. The largest absolute Gasteiger partial charge is 0.480 e. The average molecular weight is 381 g/mol. The van der Waals surface area contributed by atoms with Crippen LogP contribution in [-0.2, 0) is 16.0 Å². The van der Waals surface area contributed by atoms with Gasteiger partial charge < -0.3 is 15.7 Å². The summed E-state index contributed by atoms with van der Waals surface area (Å²) in [6.45, 7) is 1.64. The Hall–Kier alpha value is -2.24. The van der Waals surface area contributed by atoms with Gasteiger partial charge in [0.25, 0.3) is 0 Å². The van der Waals surface area contributed by atoms with Crippen LogP contribution in [0.25, 0.3) is 0 Å². The van der Waals surface area contributed by atoms with Crippen molar-refractivity contribution in [2.75, 3.05) is 5.32 Å². The van der Waals surface area contributed by atoms with Crippen LogP contribution >= 0.6 is 23.2 Å². The Balaban J connectivity index is 1.99. The van der Waals surface area contributed by atoms with Crippen LogP contribution in [0.1, 0.15) is 12.5 Å². The lowest BCUT2D eigenvalue weighted by molar-refractivity contribution is -0.141. The number of halogens is 2. The number of rotatable bonds is 7. The molecule has 1 amide bonds. The fourth-order valence-electron chi connectivity index (χ4n) is 2.25. The molecule has 5 nitrogen and oxygen atoms in total. The molecule has 1 unspecified atom stereocenters. The predicted molar refractivity (Wildman–Crippen MR) is 99.3 cm³/mol. The van der Waals surface area contributed by atoms with Gasteiger partial charge in [0.05, 0.1) is 10.0 Å². The number of nitrogens with one attached hydrogen (secondary N) is 2. The first kappa shape index (κ1) is 19.1. The third kappa shape index (κ3) is 5.66. The van der Waals surface area contributed by atoms with E-state index in [9.17, 15) is 14.7 Å². The van der Waals surface area contributed by atoms with E-state index in [-0.39, 0.29) is 6.42 Å². The third-order valence-electron chi connectivity index (χ3n) is 3.59. The molecule has 0 aliphatic heterocycles. The summed E-state index contributed by atoms with van der Waals surface area (Å²) in [4.78, 5) is 23.7. The summed E-state index contributed by atoms with van der Waals surface area (Å²) in [6.07, 6.45) is 0.210. The van der Waals surface area contributed by atoms with Crippen molar-refractivity contribution in [1.29, 1.82) is 0 Å². The maximum Gasteiger partial charge on any atom is 0.326 e. The molecule has 0 heterocycles. The van der Waals surface area contributed by atoms with Crippen molar-refractivity contribution >= 4 is 40.8 Å². The average Bonchev–Trinajstić information content (AvgIpc) is 2.58. The van der Waals surface area contributed by atoms with Gasteiger partial charge in [-0.05, 0) is 30.7 Å². The fraction of sp³-hybridized carbons (Fsp3) is 0.222. The molecule has 0 fully saturated rings. The van der Waals surface area contributed by atoms with Crippen molar-refractivity contribution in [2.24, 2.45) is 0 Å². The maximum absolute atomic E-state index is 12.3. The number of carbonyl (C=O) groups is 2. The summed E-state index contributed by atoms with van der Waals surface area (Å²) in [5.74, 6) is -1.51. The van der Waals surface area contributed by atoms with Gasteiger partial charge in [-0.3, -0.25) is 4.79 Å². The number of hydrogen-bond donors (Lipinski definition) is 3. The SMILES string of the molecule is CC(Nc1ccc(Cl)c(Cl)c1)C(=O)N[C@@H](Cc1ccccc1)C(=O)O. The minimum Gasteiger partial charge on any atom is -0.480 e. The monoisotopic (exact) mass is 380 g/mol. The van der Waals surface area contributed by atoms with E-state index in [1.807, 2.05) is 30.3 Å². The van der Waals surface area contributed by atoms with Gasteiger partial charge in [-0.25, -0.2) is 4.79 Å². The van der Waals surface area contributed by atoms with Crippen molar-refractivity contribution in [2.45, 2.75) is 25.4 Å². The highest BCUT2D eigenvalue weighted by atomic mass is 35.5.